The Labute approximate surface area is 182 Å². The van der Waals surface area contributed by atoms with Crippen molar-refractivity contribution in [3.63, 3.8) is 0 Å². The first kappa shape index (κ1) is 21.6. The largest absolute Gasteiger partial charge is 0.497 e. The van der Waals surface area contributed by atoms with Gasteiger partial charge in [-0.2, -0.15) is 21.6 Å². The summed E-state index contributed by atoms with van der Waals surface area (Å²) in [6.07, 6.45) is -0.996. The fraction of sp³-hybridized carbons (Fsp3) is 0.125. The van der Waals surface area contributed by atoms with E-state index in [1.54, 1.807) is 6.07 Å². The van der Waals surface area contributed by atoms with Crippen molar-refractivity contribution in [2.45, 2.75) is 11.2 Å². The molecule has 0 aliphatic carbocycles. The molecule has 0 spiro atoms. The molecule has 1 N–H and O–H groups in total. The van der Waals surface area contributed by atoms with Gasteiger partial charge >= 0.3 is 6.18 Å². The molecule has 2 heterocycles. The number of anilines is 1. The summed E-state index contributed by atoms with van der Waals surface area (Å²) < 4.78 is 73.7. The summed E-state index contributed by atoms with van der Waals surface area (Å²) in [5.74, 6) is -0.0556. The van der Waals surface area contributed by atoms with Gasteiger partial charge in [-0.25, -0.2) is 9.97 Å². The van der Waals surface area contributed by atoms with Crippen molar-refractivity contribution >= 4 is 49.9 Å². The molecule has 3 rings (SSSR count). The number of hydrogen-bond acceptors (Lipinski definition) is 5. The number of hydrogen-bond donors (Lipinski definition) is 1. The summed E-state index contributed by atoms with van der Waals surface area (Å²) in [5, 5.41) is -0.184. The van der Waals surface area contributed by atoms with Crippen molar-refractivity contribution in [1.29, 1.82) is 0 Å². The first-order chi connectivity index (χ1) is 13.5. The number of imidazole rings is 1. The normalized spacial score (nSPS) is 12.1. The molecule has 3 aromatic rings. The van der Waals surface area contributed by atoms with E-state index in [2.05, 4.69) is 14.7 Å². The van der Waals surface area contributed by atoms with Crippen LogP contribution in [0.3, 0.4) is 0 Å². The molecular weight excluding hydrogens is 548 g/mol. The Morgan fingerprint density at radius 1 is 1.21 bits per heavy atom. The predicted molar refractivity (Wildman–Crippen MR) is 108 cm³/mol. The molecule has 0 aliphatic rings. The number of aromatic nitrogens is 3. The molecule has 7 nitrogen and oxygen atoms in total. The van der Waals surface area contributed by atoms with Crippen LogP contribution in [0, 0.1) is 3.57 Å². The summed E-state index contributed by atoms with van der Waals surface area (Å²) in [4.78, 5) is 7.90. The maximum atomic E-state index is 13.1. The van der Waals surface area contributed by atoms with Crippen LogP contribution in [0.15, 0.2) is 48.0 Å². The second-order valence-corrected chi connectivity index (χ2v) is 8.90. The van der Waals surface area contributed by atoms with Gasteiger partial charge in [0.05, 0.1) is 29.6 Å². The Morgan fingerprint density at radius 3 is 2.55 bits per heavy atom. The lowest BCUT2D eigenvalue weighted by atomic mass is 10.2. The third kappa shape index (κ3) is 4.75. The monoisotopic (exact) mass is 558 g/mol. The highest BCUT2D eigenvalue weighted by atomic mass is 127. The van der Waals surface area contributed by atoms with Crippen molar-refractivity contribution in [3.05, 3.63) is 57.1 Å². The molecular formula is C16H11ClF3IN4O3S. The fourth-order valence-corrected chi connectivity index (χ4v) is 4.39. The van der Waals surface area contributed by atoms with Gasteiger partial charge in [-0.1, -0.05) is 11.6 Å². The molecule has 0 fully saturated rings. The average Bonchev–Trinajstić information content (AvgIpc) is 3.10. The van der Waals surface area contributed by atoms with Crippen molar-refractivity contribution in [2.24, 2.45) is 0 Å². The first-order valence-electron chi connectivity index (χ1n) is 7.64. The quantitative estimate of drug-likeness (QED) is 0.471. The highest BCUT2D eigenvalue weighted by molar-refractivity contribution is 14.1. The van der Waals surface area contributed by atoms with Gasteiger partial charge < -0.3 is 4.74 Å². The van der Waals surface area contributed by atoms with Crippen LogP contribution >= 0.6 is 34.2 Å². The number of nitrogens with zero attached hydrogens (tertiary/aromatic N) is 3. The highest BCUT2D eigenvalue weighted by Crippen LogP contribution is 2.35. The molecule has 29 heavy (non-hydrogen) atoms. The van der Waals surface area contributed by atoms with Gasteiger partial charge in [-0.15, -0.1) is 0 Å². The summed E-state index contributed by atoms with van der Waals surface area (Å²) in [6.45, 7) is 0. The summed E-state index contributed by atoms with van der Waals surface area (Å²) in [7, 11) is -3.16. The van der Waals surface area contributed by atoms with Crippen LogP contribution in [0.4, 0.5) is 18.9 Å². The predicted octanol–water partition coefficient (Wildman–Crippen LogP) is 4.35. The Kier molecular flexibility index (Phi) is 5.96. The summed E-state index contributed by atoms with van der Waals surface area (Å²) in [5.41, 5.74) is -1.39. The average molecular weight is 559 g/mol. The minimum absolute atomic E-state index is 0.103. The minimum Gasteiger partial charge on any atom is -0.497 e. The van der Waals surface area contributed by atoms with Crippen LogP contribution in [-0.2, 0) is 16.2 Å². The number of sulfonamides is 1. The number of nitrogens with one attached hydrogen (secondary N) is 1. The highest BCUT2D eigenvalue weighted by Gasteiger charge is 2.32. The molecule has 0 amide bonds. The van der Waals surface area contributed by atoms with Gasteiger partial charge in [0.2, 0.25) is 0 Å². The first-order valence-corrected chi connectivity index (χ1v) is 10.6. The van der Waals surface area contributed by atoms with E-state index in [4.69, 9.17) is 16.3 Å². The van der Waals surface area contributed by atoms with E-state index in [9.17, 15) is 21.6 Å². The van der Waals surface area contributed by atoms with Crippen LogP contribution in [0.25, 0.3) is 5.82 Å². The van der Waals surface area contributed by atoms with Crippen LogP contribution < -0.4 is 9.46 Å². The van der Waals surface area contributed by atoms with Gasteiger partial charge in [-0.05, 0) is 40.8 Å². The lowest BCUT2D eigenvalue weighted by Gasteiger charge is -2.14. The molecule has 0 unspecified atom stereocenters. The Bertz CT molecular complexity index is 1170. The maximum absolute atomic E-state index is 13.1. The molecule has 0 bridgehead atoms. The molecule has 1 aromatic carbocycles. The molecule has 13 heteroatoms. The third-order valence-corrected chi connectivity index (χ3v) is 5.84. The van der Waals surface area contributed by atoms with Crippen molar-refractivity contribution in [1.82, 2.24) is 14.5 Å². The lowest BCUT2D eigenvalue weighted by Crippen LogP contribution is -2.18. The van der Waals surface area contributed by atoms with Crippen molar-refractivity contribution < 1.29 is 26.3 Å². The number of ether oxygens (including phenoxy) is 1. The van der Waals surface area contributed by atoms with E-state index < -0.39 is 21.8 Å². The van der Waals surface area contributed by atoms with Crippen LogP contribution in [0.5, 0.6) is 5.75 Å². The maximum Gasteiger partial charge on any atom is 0.416 e. The van der Waals surface area contributed by atoms with E-state index in [-0.39, 0.29) is 27.3 Å². The van der Waals surface area contributed by atoms with E-state index >= 15 is 0 Å². The van der Waals surface area contributed by atoms with E-state index in [0.29, 0.717) is 6.07 Å². The third-order valence-electron chi connectivity index (χ3n) is 3.62. The molecule has 0 atom stereocenters. The zero-order valence-corrected chi connectivity index (χ0v) is 18.1. The van der Waals surface area contributed by atoms with Crippen molar-refractivity contribution in [2.75, 3.05) is 11.8 Å². The molecule has 154 valence electrons. The van der Waals surface area contributed by atoms with Crippen LogP contribution in [0.2, 0.25) is 5.02 Å². The summed E-state index contributed by atoms with van der Waals surface area (Å²) in [6, 6.07) is 4.13. The van der Waals surface area contributed by atoms with Crippen LogP contribution in [-0.4, -0.2) is 30.1 Å². The van der Waals surface area contributed by atoms with Crippen LogP contribution in [0.1, 0.15) is 5.56 Å². The molecule has 0 radical (unpaired) electrons. The number of benzene rings is 1. The number of pyridine rings is 1. The van der Waals surface area contributed by atoms with E-state index in [1.165, 1.54) is 19.6 Å². The second kappa shape index (κ2) is 7.99. The molecule has 2 aromatic heterocycles. The standard InChI is InChI=1S/C16H11ClF3IN4O3S/c1-28-12-3-9(16(18,19)20)2-11(5-12)24-29(26,27)14-7-22-8-25(14)15-13(17)4-10(21)6-23-15/h2-8,24H,1H3. The van der Waals surface area contributed by atoms with Gasteiger partial charge in [0, 0.05) is 15.8 Å². The SMILES string of the molecule is COc1cc(NS(=O)(=O)c2cncn2-c2ncc(I)cc2Cl)cc(C(F)(F)F)c1. The summed E-state index contributed by atoms with van der Waals surface area (Å²) >= 11 is 8.13. The lowest BCUT2D eigenvalue weighted by molar-refractivity contribution is -0.137. The Balaban J connectivity index is 2.03. The fourth-order valence-electron chi connectivity index (χ4n) is 2.37. The topological polar surface area (TPSA) is 86.1 Å². The van der Waals surface area contributed by atoms with Gasteiger partial charge in [-0.3, -0.25) is 9.29 Å². The zero-order valence-electron chi connectivity index (χ0n) is 14.4. The van der Waals surface area contributed by atoms with Gasteiger partial charge in [0.1, 0.15) is 12.1 Å². The van der Waals surface area contributed by atoms with Crippen molar-refractivity contribution in [3.8, 4) is 11.6 Å². The number of methoxy groups -OCH3 is 1. The minimum atomic E-state index is -4.69. The molecule has 0 saturated heterocycles. The van der Waals surface area contributed by atoms with E-state index in [0.717, 1.165) is 26.5 Å². The number of alkyl halides is 3. The smallest absolute Gasteiger partial charge is 0.416 e. The zero-order chi connectivity index (χ0) is 21.4. The van der Waals surface area contributed by atoms with Gasteiger partial charge in [0.15, 0.2) is 10.8 Å². The van der Waals surface area contributed by atoms with E-state index in [1.807, 2.05) is 22.6 Å². The molecule has 0 saturated carbocycles. The Hall–Kier alpha value is -2.06. The number of halogens is 5. The second-order valence-electron chi connectivity index (χ2n) is 5.61. The molecule has 0 aliphatic heterocycles. The number of rotatable bonds is 5. The Morgan fingerprint density at radius 2 is 1.93 bits per heavy atom. The van der Waals surface area contributed by atoms with Gasteiger partial charge in [0.25, 0.3) is 10.0 Å².